The lowest BCUT2D eigenvalue weighted by molar-refractivity contribution is -0.202. The minimum Gasteiger partial charge on any atom is -0.386 e. The Hall–Kier alpha value is -5.81. The van der Waals surface area contributed by atoms with Gasteiger partial charge in [-0.3, -0.25) is 19.1 Å². The number of esters is 2. The summed E-state index contributed by atoms with van der Waals surface area (Å²) in [6, 6.07) is 9.22. The van der Waals surface area contributed by atoms with Crippen LogP contribution in [-0.4, -0.2) is 74.7 Å². The van der Waals surface area contributed by atoms with Crippen molar-refractivity contribution in [3.8, 4) is 5.69 Å². The van der Waals surface area contributed by atoms with Crippen LogP contribution < -0.4 is 22.1 Å². The average Bonchev–Trinajstić information content (AvgIpc) is 3.59. The molecule has 2 aromatic carbocycles. The van der Waals surface area contributed by atoms with Crippen molar-refractivity contribution in [2.45, 2.75) is 44.6 Å². The van der Waals surface area contributed by atoms with E-state index in [0.717, 1.165) is 10.4 Å². The second-order valence-corrected chi connectivity index (χ2v) is 11.1. The van der Waals surface area contributed by atoms with Gasteiger partial charge >= 0.3 is 18.1 Å². The van der Waals surface area contributed by atoms with Crippen LogP contribution in [0.15, 0.2) is 53.7 Å². The molecule has 3 heterocycles. The van der Waals surface area contributed by atoms with E-state index in [1.54, 1.807) is 42.8 Å². The minimum atomic E-state index is -5.46. The first-order chi connectivity index (χ1) is 22.6. The first-order valence-corrected chi connectivity index (χ1v) is 14.4. The van der Waals surface area contributed by atoms with Gasteiger partial charge in [0, 0.05) is 22.6 Å². The fourth-order valence-electron chi connectivity index (χ4n) is 5.40. The molecule has 2 unspecified atom stereocenters. The number of hydrogen-bond donors (Lipinski definition) is 4. The van der Waals surface area contributed by atoms with Gasteiger partial charge in [-0.05, 0) is 49.7 Å². The topological polar surface area (TPSA) is 202 Å². The number of aromatic nitrogens is 4. The number of nitrogens with zero attached hydrogens (tertiary/aromatic N) is 5. The smallest absolute Gasteiger partial charge is 0.386 e. The molecule has 48 heavy (non-hydrogen) atoms. The van der Waals surface area contributed by atoms with Crippen LogP contribution in [0.25, 0.3) is 16.6 Å². The van der Waals surface area contributed by atoms with E-state index in [9.17, 15) is 36.7 Å². The van der Waals surface area contributed by atoms with Crippen molar-refractivity contribution in [1.82, 2.24) is 24.9 Å². The summed E-state index contributed by atoms with van der Waals surface area (Å²) in [6.45, 7) is 3.41. The van der Waals surface area contributed by atoms with Gasteiger partial charge in [0.15, 0.2) is 5.96 Å². The monoisotopic (exact) mass is 671 g/mol. The van der Waals surface area contributed by atoms with Crippen LogP contribution in [0.4, 0.5) is 23.2 Å². The lowest BCUT2D eigenvalue weighted by Crippen LogP contribution is -2.41. The van der Waals surface area contributed by atoms with E-state index >= 15 is 0 Å². The summed E-state index contributed by atoms with van der Waals surface area (Å²) in [5, 5.41) is 14.8. The zero-order valence-electron chi connectivity index (χ0n) is 25.4. The van der Waals surface area contributed by atoms with Crippen molar-refractivity contribution in [3.63, 3.8) is 0 Å². The van der Waals surface area contributed by atoms with E-state index in [-0.39, 0.29) is 41.4 Å². The number of aliphatic imine (C=N–C) groups is 1. The normalized spacial score (nSPS) is 16.0. The lowest BCUT2D eigenvalue weighted by atomic mass is 9.87. The van der Waals surface area contributed by atoms with Gasteiger partial charge in [-0.25, -0.2) is 18.9 Å². The maximum Gasteiger partial charge on any atom is 0.491 e. The Morgan fingerprint density at radius 1 is 1.12 bits per heavy atom. The van der Waals surface area contributed by atoms with Crippen LogP contribution in [-0.2, 0) is 19.1 Å². The molecule has 252 valence electrons. The number of fused-ring (bicyclic) bond motifs is 1. The number of amides is 2. The van der Waals surface area contributed by atoms with Gasteiger partial charge in [0.1, 0.15) is 12.2 Å². The number of carbonyl (C=O) groups is 4. The number of nitrogens with two attached hydrogens (primary N) is 2. The Kier molecular flexibility index (Phi) is 9.18. The Bertz CT molecular complexity index is 1950. The van der Waals surface area contributed by atoms with Crippen LogP contribution in [0, 0.1) is 13.8 Å². The maximum atomic E-state index is 13.6. The van der Waals surface area contributed by atoms with E-state index in [1.165, 1.54) is 24.4 Å². The molecule has 0 spiro atoms. The molecule has 0 saturated carbocycles. The summed E-state index contributed by atoms with van der Waals surface area (Å²) in [7, 11) is 0. The van der Waals surface area contributed by atoms with Crippen LogP contribution in [0.1, 0.15) is 45.7 Å². The number of rotatable bonds is 9. The fourth-order valence-corrected chi connectivity index (χ4v) is 5.40. The molecule has 2 amide bonds. The minimum absolute atomic E-state index is 0.0290. The largest absolute Gasteiger partial charge is 0.491 e. The van der Waals surface area contributed by atoms with Crippen LogP contribution in [0.2, 0.25) is 0 Å². The first-order valence-electron chi connectivity index (χ1n) is 14.4. The molecule has 4 aromatic rings. The van der Waals surface area contributed by atoms with E-state index in [4.69, 9.17) is 11.5 Å². The second-order valence-electron chi connectivity index (χ2n) is 11.1. The Labute approximate surface area is 269 Å². The van der Waals surface area contributed by atoms with Crippen LogP contribution in [0.5, 0.6) is 0 Å². The second kappa shape index (κ2) is 13.1. The highest BCUT2D eigenvalue weighted by molar-refractivity contribution is 6.07. The number of carbonyl (C=O) groups excluding carboxylic acids is 4. The van der Waals surface area contributed by atoms with Crippen molar-refractivity contribution in [1.29, 1.82) is 0 Å². The fraction of sp³-hybridized carbons (Fsp3) is 0.300. The SMILES string of the molecule is Cc1cc(C)n(-c2cccc([C@H](CC(=O)OC(=O)C(F)(F)F)C(C(N)=O)n3ncc4c(NC5=NCC(F)CN5)cc(C(N)=O)cc43)c2)n1. The molecule has 5 rings (SSSR count). The van der Waals surface area contributed by atoms with Gasteiger partial charge in [0.05, 0.1) is 48.3 Å². The molecule has 2 aromatic heterocycles. The zero-order valence-corrected chi connectivity index (χ0v) is 25.4. The summed E-state index contributed by atoms with van der Waals surface area (Å²) in [5.74, 6) is -7.44. The lowest BCUT2D eigenvalue weighted by Gasteiger charge is -2.26. The number of alkyl halides is 4. The molecule has 6 N–H and O–H groups in total. The summed E-state index contributed by atoms with van der Waals surface area (Å²) < 4.78 is 59.3. The Balaban J connectivity index is 1.64. The third-order valence-corrected chi connectivity index (χ3v) is 7.51. The number of primary amides is 2. The third-order valence-electron chi connectivity index (χ3n) is 7.51. The first kappa shape index (κ1) is 33.6. The van der Waals surface area contributed by atoms with Gasteiger partial charge < -0.3 is 26.8 Å². The Morgan fingerprint density at radius 3 is 2.48 bits per heavy atom. The maximum absolute atomic E-state index is 13.6. The van der Waals surface area contributed by atoms with Gasteiger partial charge in [-0.2, -0.15) is 23.4 Å². The van der Waals surface area contributed by atoms with Gasteiger partial charge in [0.2, 0.25) is 11.8 Å². The molecular formula is C30H29F4N9O5. The quantitative estimate of drug-likeness (QED) is 0.117. The molecule has 1 aliphatic heterocycles. The van der Waals surface area contributed by atoms with Crippen LogP contribution >= 0.6 is 0 Å². The predicted octanol–water partition coefficient (Wildman–Crippen LogP) is 2.48. The Morgan fingerprint density at radius 2 is 1.88 bits per heavy atom. The highest BCUT2D eigenvalue weighted by atomic mass is 19.4. The highest BCUT2D eigenvalue weighted by Gasteiger charge is 2.43. The molecule has 0 bridgehead atoms. The van der Waals surface area contributed by atoms with Crippen molar-refractivity contribution in [2.75, 3.05) is 18.4 Å². The summed E-state index contributed by atoms with van der Waals surface area (Å²) in [6.07, 6.45) is -6.28. The summed E-state index contributed by atoms with van der Waals surface area (Å²) in [4.78, 5) is 54.0. The number of ether oxygens (including phenoxy) is 1. The van der Waals surface area contributed by atoms with Gasteiger partial charge in [0.25, 0.3) is 0 Å². The number of benzene rings is 2. The number of aryl methyl sites for hydroxylation is 2. The van der Waals surface area contributed by atoms with Crippen molar-refractivity contribution < 1.29 is 41.5 Å². The standard InChI is InChI=1S/C30H29F4N9O5/c1-14-6-15(2)42(41-14)19-5-3-4-16(7-19)20(10-24(44)48-28(47)30(32,33)34)25(27(36)46)43-23-9-17(26(35)45)8-22(21(23)13-39-43)40-29-37-11-18(31)12-38-29/h3-9,13,18,20,25H,10-12H2,1-2H3,(H2,35,45)(H2,36,46)(H2,37,38,40)/t20-,25?/m0/s1. The van der Waals surface area contributed by atoms with Gasteiger partial charge in [-0.15, -0.1) is 0 Å². The van der Waals surface area contributed by atoms with E-state index in [2.05, 4.69) is 30.6 Å². The number of nitrogens with one attached hydrogen (secondary N) is 2. The number of hydrogen-bond acceptors (Lipinski definition) is 10. The van der Waals surface area contributed by atoms with Gasteiger partial charge in [-0.1, -0.05) is 12.1 Å². The van der Waals surface area contributed by atoms with Crippen molar-refractivity contribution >= 4 is 46.3 Å². The van der Waals surface area contributed by atoms with Crippen LogP contribution in [0.3, 0.4) is 0 Å². The van der Waals surface area contributed by atoms with E-state index < -0.39 is 54.5 Å². The number of guanidine groups is 1. The summed E-state index contributed by atoms with van der Waals surface area (Å²) in [5.41, 5.74) is 13.9. The number of halogens is 4. The molecule has 14 nitrogen and oxygen atoms in total. The molecule has 0 saturated heterocycles. The number of anilines is 1. The zero-order chi connectivity index (χ0) is 34.9. The molecular weight excluding hydrogens is 642 g/mol. The van der Waals surface area contributed by atoms with Crippen molar-refractivity contribution in [2.24, 2.45) is 16.5 Å². The van der Waals surface area contributed by atoms with Crippen molar-refractivity contribution in [3.05, 3.63) is 71.2 Å². The molecule has 18 heteroatoms. The molecule has 1 aliphatic rings. The third kappa shape index (κ3) is 7.11. The van der Waals surface area contributed by atoms with E-state index in [0.29, 0.717) is 16.8 Å². The average molecular weight is 672 g/mol. The highest BCUT2D eigenvalue weighted by Crippen LogP contribution is 2.37. The van der Waals surface area contributed by atoms with E-state index in [1.807, 2.05) is 0 Å². The molecule has 0 fully saturated rings. The predicted molar refractivity (Wildman–Crippen MR) is 163 cm³/mol. The molecule has 3 atom stereocenters. The summed E-state index contributed by atoms with van der Waals surface area (Å²) >= 11 is 0. The molecule has 0 radical (unpaired) electrons. The molecule has 0 aliphatic carbocycles.